The number of rotatable bonds is 2. The van der Waals surface area contributed by atoms with Crippen LogP contribution >= 0.6 is 12.2 Å². The summed E-state index contributed by atoms with van der Waals surface area (Å²) >= 11 is 5.33. The molecule has 2 rings (SSSR count). The van der Waals surface area contributed by atoms with Crippen molar-refractivity contribution < 1.29 is 13.2 Å². The number of nitrogens with zero attached hydrogens (tertiary/aromatic N) is 1. The van der Waals surface area contributed by atoms with E-state index < -0.39 is 11.7 Å². The zero-order valence-corrected chi connectivity index (χ0v) is 12.7. The van der Waals surface area contributed by atoms with E-state index in [2.05, 4.69) is 12.2 Å². The number of benzene rings is 1. The minimum absolute atomic E-state index is 0.0235. The number of para-hydroxylation sites is 1. The van der Waals surface area contributed by atoms with Gasteiger partial charge in [0.1, 0.15) is 0 Å². The third-order valence-electron chi connectivity index (χ3n) is 3.83. The highest BCUT2D eigenvalue weighted by Gasteiger charge is 2.34. The van der Waals surface area contributed by atoms with Crippen LogP contribution in [0, 0.1) is 0 Å². The quantitative estimate of drug-likeness (QED) is 0.798. The second-order valence-electron chi connectivity index (χ2n) is 5.22. The zero-order valence-electron chi connectivity index (χ0n) is 11.9. The van der Waals surface area contributed by atoms with Crippen LogP contribution in [0.2, 0.25) is 0 Å². The lowest BCUT2D eigenvalue weighted by atomic mass is 10.0. The van der Waals surface area contributed by atoms with E-state index in [1.165, 1.54) is 12.1 Å². The molecule has 1 unspecified atom stereocenters. The highest BCUT2D eigenvalue weighted by Crippen LogP contribution is 2.35. The van der Waals surface area contributed by atoms with Gasteiger partial charge in [-0.25, -0.2) is 0 Å². The van der Waals surface area contributed by atoms with Gasteiger partial charge in [-0.1, -0.05) is 19.1 Å². The van der Waals surface area contributed by atoms with Crippen molar-refractivity contribution in [3.05, 3.63) is 29.8 Å². The predicted molar refractivity (Wildman–Crippen MR) is 82.3 cm³/mol. The van der Waals surface area contributed by atoms with Crippen LogP contribution in [-0.2, 0) is 6.18 Å². The number of hydrogen-bond donors (Lipinski definition) is 1. The number of thiocarbonyl (C=S) groups is 1. The molecule has 1 aliphatic rings. The first kappa shape index (κ1) is 16.1. The molecule has 1 saturated heterocycles. The number of likely N-dealkylation sites (tertiary alicyclic amines) is 1. The summed E-state index contributed by atoms with van der Waals surface area (Å²) in [6, 6.07) is 5.76. The second-order valence-corrected chi connectivity index (χ2v) is 5.61. The molecule has 1 aromatic rings. The third kappa shape index (κ3) is 3.87. The van der Waals surface area contributed by atoms with Gasteiger partial charge in [0.15, 0.2) is 5.11 Å². The fourth-order valence-corrected chi connectivity index (χ4v) is 3.07. The molecular weight excluding hydrogens is 297 g/mol. The standard InChI is InChI=1S/C15H19F3N2S/c1-2-11-7-5-6-10-20(11)14(21)19-13-9-4-3-8-12(13)15(16,17)18/h3-4,8-9,11H,2,5-7,10H2,1H3,(H,19,21). The SMILES string of the molecule is CCC1CCCCN1C(=S)Nc1ccccc1C(F)(F)F. The summed E-state index contributed by atoms with van der Waals surface area (Å²) < 4.78 is 39.0. The summed E-state index contributed by atoms with van der Waals surface area (Å²) in [6.45, 7) is 2.88. The summed E-state index contributed by atoms with van der Waals surface area (Å²) in [4.78, 5) is 2.02. The molecule has 0 saturated carbocycles. The van der Waals surface area contributed by atoms with Crippen LogP contribution in [0.3, 0.4) is 0 Å². The Morgan fingerprint density at radius 2 is 2.05 bits per heavy atom. The Balaban J connectivity index is 2.16. The molecule has 0 aliphatic carbocycles. The van der Waals surface area contributed by atoms with Gasteiger partial charge in [0.05, 0.1) is 11.3 Å². The van der Waals surface area contributed by atoms with Crippen molar-refractivity contribution in [2.45, 2.75) is 44.8 Å². The number of alkyl halides is 3. The lowest BCUT2D eigenvalue weighted by Gasteiger charge is -2.37. The molecule has 6 heteroatoms. The van der Waals surface area contributed by atoms with Crippen molar-refractivity contribution in [2.24, 2.45) is 0 Å². The van der Waals surface area contributed by atoms with Gasteiger partial charge in [-0.3, -0.25) is 0 Å². The van der Waals surface area contributed by atoms with Gasteiger partial charge in [-0.05, 0) is 50.0 Å². The minimum Gasteiger partial charge on any atom is -0.346 e. The monoisotopic (exact) mass is 316 g/mol. The highest BCUT2D eigenvalue weighted by atomic mass is 32.1. The molecular formula is C15H19F3N2S. The molecule has 1 aromatic carbocycles. The lowest BCUT2D eigenvalue weighted by Crippen LogP contribution is -2.45. The Labute approximate surface area is 128 Å². The second kappa shape index (κ2) is 6.64. The average molecular weight is 316 g/mol. The topological polar surface area (TPSA) is 15.3 Å². The summed E-state index contributed by atoms with van der Waals surface area (Å²) in [5.41, 5.74) is -0.659. The van der Waals surface area contributed by atoms with Crippen molar-refractivity contribution in [2.75, 3.05) is 11.9 Å². The molecule has 1 heterocycles. The van der Waals surface area contributed by atoms with E-state index in [0.717, 1.165) is 38.3 Å². The Hall–Kier alpha value is -1.30. The smallest absolute Gasteiger partial charge is 0.346 e. The average Bonchev–Trinajstić information content (AvgIpc) is 2.46. The van der Waals surface area contributed by atoms with E-state index >= 15 is 0 Å². The molecule has 1 fully saturated rings. The van der Waals surface area contributed by atoms with Gasteiger partial charge < -0.3 is 10.2 Å². The highest BCUT2D eigenvalue weighted by molar-refractivity contribution is 7.80. The van der Waals surface area contributed by atoms with E-state index in [0.29, 0.717) is 11.2 Å². The van der Waals surface area contributed by atoms with E-state index in [1.54, 1.807) is 6.07 Å². The summed E-state index contributed by atoms with van der Waals surface area (Å²) in [5, 5.41) is 3.18. The molecule has 0 spiro atoms. The Morgan fingerprint density at radius 1 is 1.33 bits per heavy atom. The number of hydrogen-bond acceptors (Lipinski definition) is 1. The molecule has 0 radical (unpaired) electrons. The molecule has 21 heavy (non-hydrogen) atoms. The fourth-order valence-electron chi connectivity index (χ4n) is 2.72. The first-order valence-electron chi connectivity index (χ1n) is 7.17. The van der Waals surface area contributed by atoms with Crippen molar-refractivity contribution in [1.82, 2.24) is 4.90 Å². The Kier molecular flexibility index (Phi) is 5.08. The maximum absolute atomic E-state index is 13.0. The largest absolute Gasteiger partial charge is 0.418 e. The van der Waals surface area contributed by atoms with Crippen molar-refractivity contribution in [3.8, 4) is 0 Å². The third-order valence-corrected chi connectivity index (χ3v) is 4.17. The van der Waals surface area contributed by atoms with Crippen LogP contribution in [-0.4, -0.2) is 22.6 Å². The van der Waals surface area contributed by atoms with Crippen LogP contribution in [0.4, 0.5) is 18.9 Å². The van der Waals surface area contributed by atoms with Gasteiger partial charge in [0.25, 0.3) is 0 Å². The summed E-state index contributed by atoms with van der Waals surface area (Å²) in [6.07, 6.45) is -0.219. The maximum Gasteiger partial charge on any atom is 0.418 e. The Morgan fingerprint density at radius 3 is 2.71 bits per heavy atom. The predicted octanol–water partition coefficient (Wildman–Crippen LogP) is 4.67. The number of anilines is 1. The van der Waals surface area contributed by atoms with Gasteiger partial charge in [0, 0.05) is 12.6 Å². The molecule has 0 bridgehead atoms. The molecule has 2 nitrogen and oxygen atoms in total. The molecule has 0 aromatic heterocycles. The van der Waals surface area contributed by atoms with Crippen LogP contribution in [0.1, 0.15) is 38.2 Å². The Bertz CT molecular complexity index is 502. The van der Waals surface area contributed by atoms with Gasteiger partial charge >= 0.3 is 6.18 Å². The van der Waals surface area contributed by atoms with Crippen molar-refractivity contribution in [3.63, 3.8) is 0 Å². The first-order chi connectivity index (χ1) is 9.93. The van der Waals surface area contributed by atoms with Gasteiger partial charge in [0.2, 0.25) is 0 Å². The van der Waals surface area contributed by atoms with Crippen LogP contribution in [0.5, 0.6) is 0 Å². The summed E-state index contributed by atoms with van der Waals surface area (Å²) in [7, 11) is 0. The van der Waals surface area contributed by atoms with E-state index in [9.17, 15) is 13.2 Å². The number of nitrogens with one attached hydrogen (secondary N) is 1. The van der Waals surface area contributed by atoms with E-state index in [1.807, 2.05) is 4.90 Å². The number of halogens is 3. The lowest BCUT2D eigenvalue weighted by molar-refractivity contribution is -0.136. The molecule has 0 amide bonds. The van der Waals surface area contributed by atoms with Gasteiger partial charge in [-0.2, -0.15) is 13.2 Å². The minimum atomic E-state index is -4.38. The molecule has 1 aliphatic heterocycles. The first-order valence-corrected chi connectivity index (χ1v) is 7.58. The van der Waals surface area contributed by atoms with Crippen molar-refractivity contribution in [1.29, 1.82) is 0 Å². The fraction of sp³-hybridized carbons (Fsp3) is 0.533. The van der Waals surface area contributed by atoms with Crippen molar-refractivity contribution >= 4 is 23.0 Å². The molecule has 1 N–H and O–H groups in total. The summed E-state index contributed by atoms with van der Waals surface area (Å²) in [5.74, 6) is 0. The molecule has 116 valence electrons. The molecule has 1 atom stereocenters. The van der Waals surface area contributed by atoms with Crippen LogP contribution < -0.4 is 5.32 Å². The zero-order chi connectivity index (χ0) is 15.5. The van der Waals surface area contributed by atoms with Crippen LogP contribution in [0.25, 0.3) is 0 Å². The van der Waals surface area contributed by atoms with Crippen LogP contribution in [0.15, 0.2) is 24.3 Å². The number of piperidine rings is 1. The van der Waals surface area contributed by atoms with E-state index in [4.69, 9.17) is 12.2 Å². The maximum atomic E-state index is 13.0. The van der Waals surface area contributed by atoms with E-state index in [-0.39, 0.29) is 5.69 Å². The van der Waals surface area contributed by atoms with Gasteiger partial charge in [-0.15, -0.1) is 0 Å². The normalized spacial score (nSPS) is 19.4.